The van der Waals surface area contributed by atoms with Gasteiger partial charge in [-0.25, -0.2) is 0 Å². The maximum atomic E-state index is 12.1. The quantitative estimate of drug-likeness (QED) is 0.751. The molecule has 2 rings (SSSR count). The summed E-state index contributed by atoms with van der Waals surface area (Å²) < 4.78 is 5.56. The Morgan fingerprint density at radius 2 is 2.24 bits per heavy atom. The number of rotatable bonds is 5. The van der Waals surface area contributed by atoms with Crippen molar-refractivity contribution in [1.29, 1.82) is 0 Å². The Bertz CT molecular complexity index is 358. The van der Waals surface area contributed by atoms with Gasteiger partial charge in [-0.15, -0.1) is 11.8 Å². The number of carbonyl (C=O) groups is 1. The van der Waals surface area contributed by atoms with E-state index < -0.39 is 0 Å². The van der Waals surface area contributed by atoms with Gasteiger partial charge in [-0.05, 0) is 19.8 Å². The molecule has 0 bridgehead atoms. The molecule has 1 aromatic carbocycles. The summed E-state index contributed by atoms with van der Waals surface area (Å²) in [7, 11) is 0. The number of ketones is 1. The molecule has 0 radical (unpaired) electrons. The standard InChI is InChI=1S/C14H18O2S/c1-11(17-10-13-8-5-9-16-13)14(15)12-6-3-2-4-7-12/h2-4,6-7,11,13H,5,8-10H2,1H3. The summed E-state index contributed by atoms with van der Waals surface area (Å²) in [5.74, 6) is 1.15. The molecule has 0 aromatic heterocycles. The zero-order valence-corrected chi connectivity index (χ0v) is 10.9. The minimum absolute atomic E-state index is 0.0154. The fourth-order valence-electron chi connectivity index (χ4n) is 1.94. The lowest BCUT2D eigenvalue weighted by Gasteiger charge is -2.13. The molecule has 1 aliphatic heterocycles. The average molecular weight is 250 g/mol. The Kier molecular flexibility index (Phi) is 4.63. The number of carbonyl (C=O) groups excluding carboxylic acids is 1. The highest BCUT2D eigenvalue weighted by molar-refractivity contribution is 8.00. The molecule has 0 N–H and O–H groups in total. The van der Waals surface area contributed by atoms with Crippen molar-refractivity contribution in [3.63, 3.8) is 0 Å². The molecule has 0 spiro atoms. The monoisotopic (exact) mass is 250 g/mol. The van der Waals surface area contributed by atoms with E-state index in [1.165, 1.54) is 0 Å². The molecule has 2 unspecified atom stereocenters. The van der Waals surface area contributed by atoms with Crippen LogP contribution >= 0.6 is 11.8 Å². The molecular weight excluding hydrogens is 232 g/mol. The van der Waals surface area contributed by atoms with E-state index in [1.54, 1.807) is 11.8 Å². The van der Waals surface area contributed by atoms with Crippen LogP contribution in [0.1, 0.15) is 30.1 Å². The van der Waals surface area contributed by atoms with Crippen molar-refractivity contribution in [2.45, 2.75) is 31.1 Å². The number of thioether (sulfide) groups is 1. The van der Waals surface area contributed by atoms with E-state index >= 15 is 0 Å². The zero-order valence-electron chi connectivity index (χ0n) is 10.1. The summed E-state index contributed by atoms with van der Waals surface area (Å²) in [5.41, 5.74) is 0.805. The second-order valence-electron chi connectivity index (χ2n) is 4.34. The minimum Gasteiger partial charge on any atom is -0.377 e. The van der Waals surface area contributed by atoms with Gasteiger partial charge in [0.25, 0.3) is 0 Å². The normalized spacial score (nSPS) is 21.4. The van der Waals surface area contributed by atoms with Gasteiger partial charge in [-0.3, -0.25) is 4.79 Å². The fraction of sp³-hybridized carbons (Fsp3) is 0.500. The van der Waals surface area contributed by atoms with Crippen molar-refractivity contribution in [3.8, 4) is 0 Å². The van der Waals surface area contributed by atoms with Crippen molar-refractivity contribution >= 4 is 17.5 Å². The topological polar surface area (TPSA) is 26.3 Å². The van der Waals surface area contributed by atoms with Crippen molar-refractivity contribution in [2.24, 2.45) is 0 Å². The highest BCUT2D eigenvalue weighted by Crippen LogP contribution is 2.22. The molecule has 1 fully saturated rings. The Labute approximate surface area is 107 Å². The molecule has 0 saturated carbocycles. The molecule has 92 valence electrons. The van der Waals surface area contributed by atoms with Crippen molar-refractivity contribution in [3.05, 3.63) is 35.9 Å². The minimum atomic E-state index is 0.0154. The van der Waals surface area contributed by atoms with Crippen LogP contribution in [0.3, 0.4) is 0 Å². The summed E-state index contributed by atoms with van der Waals surface area (Å²) in [6.45, 7) is 2.86. The lowest BCUT2D eigenvalue weighted by molar-refractivity contribution is 0.0993. The summed E-state index contributed by atoms with van der Waals surface area (Å²) >= 11 is 1.70. The number of ether oxygens (including phenoxy) is 1. The van der Waals surface area contributed by atoms with E-state index in [4.69, 9.17) is 4.74 Å². The third-order valence-electron chi connectivity index (χ3n) is 2.98. The Morgan fingerprint density at radius 3 is 2.88 bits per heavy atom. The molecule has 0 amide bonds. The van der Waals surface area contributed by atoms with Crippen LogP contribution in [0.25, 0.3) is 0 Å². The molecule has 1 aromatic rings. The van der Waals surface area contributed by atoms with Gasteiger partial charge >= 0.3 is 0 Å². The summed E-state index contributed by atoms with van der Waals surface area (Å²) in [6.07, 6.45) is 2.65. The first-order chi connectivity index (χ1) is 8.27. The van der Waals surface area contributed by atoms with Gasteiger partial charge in [-0.1, -0.05) is 30.3 Å². The molecule has 0 aliphatic carbocycles. The molecule has 1 heterocycles. The number of hydrogen-bond donors (Lipinski definition) is 0. The highest BCUT2D eigenvalue weighted by atomic mass is 32.2. The number of benzene rings is 1. The van der Waals surface area contributed by atoms with Crippen LogP contribution < -0.4 is 0 Å². The van der Waals surface area contributed by atoms with Crippen LogP contribution in [-0.2, 0) is 4.74 Å². The van der Waals surface area contributed by atoms with Crippen molar-refractivity contribution in [2.75, 3.05) is 12.4 Å². The van der Waals surface area contributed by atoms with Crippen molar-refractivity contribution < 1.29 is 9.53 Å². The lowest BCUT2D eigenvalue weighted by atomic mass is 10.1. The highest BCUT2D eigenvalue weighted by Gasteiger charge is 2.20. The van der Waals surface area contributed by atoms with Gasteiger partial charge < -0.3 is 4.74 Å². The summed E-state index contributed by atoms with van der Waals surface area (Å²) in [6, 6.07) is 9.51. The average Bonchev–Trinajstić information content (AvgIpc) is 2.89. The first-order valence-corrected chi connectivity index (χ1v) is 7.14. The third kappa shape index (κ3) is 3.58. The third-order valence-corrected chi connectivity index (χ3v) is 4.26. The second kappa shape index (κ2) is 6.22. The maximum absolute atomic E-state index is 12.1. The molecule has 17 heavy (non-hydrogen) atoms. The van der Waals surface area contributed by atoms with Crippen LogP contribution in [0, 0.1) is 0 Å². The number of hydrogen-bond acceptors (Lipinski definition) is 3. The summed E-state index contributed by atoms with van der Waals surface area (Å²) in [4.78, 5) is 12.1. The Hall–Kier alpha value is -0.800. The van der Waals surface area contributed by atoms with Gasteiger partial charge in [0.2, 0.25) is 0 Å². The number of Topliss-reactive ketones (excluding diaryl/α,β-unsaturated/α-hetero) is 1. The van der Waals surface area contributed by atoms with Gasteiger partial charge in [-0.2, -0.15) is 0 Å². The fourth-order valence-corrected chi connectivity index (χ4v) is 2.99. The van der Waals surface area contributed by atoms with Gasteiger partial charge in [0, 0.05) is 17.9 Å². The zero-order chi connectivity index (χ0) is 12.1. The van der Waals surface area contributed by atoms with Gasteiger partial charge in [0.15, 0.2) is 5.78 Å². The Balaban J connectivity index is 1.83. The molecule has 2 nitrogen and oxygen atoms in total. The molecule has 3 heteroatoms. The largest absolute Gasteiger partial charge is 0.377 e. The molecular formula is C14H18O2S. The van der Waals surface area contributed by atoms with Gasteiger partial charge in [0.05, 0.1) is 11.4 Å². The summed E-state index contributed by atoms with van der Waals surface area (Å²) in [5, 5.41) is 0.0154. The predicted molar refractivity (Wildman–Crippen MR) is 71.7 cm³/mol. The van der Waals surface area contributed by atoms with E-state index in [-0.39, 0.29) is 11.0 Å². The SMILES string of the molecule is CC(SCC1CCCO1)C(=O)c1ccccc1. The first-order valence-electron chi connectivity index (χ1n) is 6.10. The lowest BCUT2D eigenvalue weighted by Crippen LogP contribution is -2.17. The van der Waals surface area contributed by atoms with Gasteiger partial charge in [0.1, 0.15) is 0 Å². The maximum Gasteiger partial charge on any atom is 0.175 e. The first kappa shape index (κ1) is 12.7. The molecule has 1 aliphatic rings. The smallest absolute Gasteiger partial charge is 0.175 e. The predicted octanol–water partition coefficient (Wildman–Crippen LogP) is 3.17. The van der Waals surface area contributed by atoms with Crippen LogP contribution in [0.2, 0.25) is 0 Å². The molecule has 1 saturated heterocycles. The van der Waals surface area contributed by atoms with E-state index in [2.05, 4.69) is 0 Å². The van der Waals surface area contributed by atoms with E-state index in [1.807, 2.05) is 37.3 Å². The van der Waals surface area contributed by atoms with Crippen LogP contribution in [0.5, 0.6) is 0 Å². The van der Waals surface area contributed by atoms with E-state index in [0.29, 0.717) is 6.10 Å². The van der Waals surface area contributed by atoms with Crippen LogP contribution in [-0.4, -0.2) is 29.5 Å². The van der Waals surface area contributed by atoms with Crippen LogP contribution in [0.15, 0.2) is 30.3 Å². The Morgan fingerprint density at radius 1 is 1.47 bits per heavy atom. The van der Waals surface area contributed by atoms with Crippen molar-refractivity contribution in [1.82, 2.24) is 0 Å². The van der Waals surface area contributed by atoms with E-state index in [9.17, 15) is 4.79 Å². The van der Waals surface area contributed by atoms with Crippen LogP contribution in [0.4, 0.5) is 0 Å². The second-order valence-corrected chi connectivity index (χ2v) is 5.71. The van der Waals surface area contributed by atoms with E-state index in [0.717, 1.165) is 30.8 Å². The molecule has 2 atom stereocenters.